The smallest absolute Gasteiger partial charge is 0.326 e. The lowest BCUT2D eigenvalue weighted by Crippen LogP contribution is -2.45. The molecule has 2 rings (SSSR count). The molecular formula is C13H22N2O4. The molecule has 0 aromatic rings. The first-order valence-corrected chi connectivity index (χ1v) is 6.84. The molecule has 0 aromatic heterocycles. The van der Waals surface area contributed by atoms with Gasteiger partial charge in [0.05, 0.1) is 6.10 Å². The number of carboxylic acid groups (broad SMARTS) is 1. The summed E-state index contributed by atoms with van der Waals surface area (Å²) in [4.78, 5) is 25.2. The van der Waals surface area contributed by atoms with Crippen molar-refractivity contribution in [1.82, 2.24) is 4.90 Å². The number of ether oxygens (including phenoxy) is 1. The van der Waals surface area contributed by atoms with Crippen molar-refractivity contribution >= 4 is 11.9 Å². The van der Waals surface area contributed by atoms with E-state index in [1.165, 1.54) is 4.90 Å². The monoisotopic (exact) mass is 270 g/mol. The number of nitrogens with two attached hydrogens (primary N) is 1. The number of hydrogen-bond acceptors (Lipinski definition) is 4. The summed E-state index contributed by atoms with van der Waals surface area (Å²) in [7, 11) is 1.55. The first-order chi connectivity index (χ1) is 9.02. The van der Waals surface area contributed by atoms with Gasteiger partial charge in [0.25, 0.3) is 0 Å². The zero-order chi connectivity index (χ0) is 14.0. The molecule has 6 nitrogen and oxygen atoms in total. The van der Waals surface area contributed by atoms with Crippen molar-refractivity contribution in [3.05, 3.63) is 0 Å². The summed E-state index contributed by atoms with van der Waals surface area (Å²) in [6, 6.07) is -0.692. The average molecular weight is 270 g/mol. The topological polar surface area (TPSA) is 92.9 Å². The molecule has 1 aliphatic carbocycles. The van der Waals surface area contributed by atoms with Gasteiger partial charge in [0.2, 0.25) is 5.91 Å². The van der Waals surface area contributed by atoms with E-state index in [0.717, 1.165) is 19.3 Å². The Morgan fingerprint density at radius 3 is 2.63 bits per heavy atom. The number of hydrogen-bond donors (Lipinski definition) is 2. The van der Waals surface area contributed by atoms with Gasteiger partial charge in [-0.25, -0.2) is 4.79 Å². The molecule has 1 aliphatic heterocycles. The number of methoxy groups -OCH3 is 1. The second-order valence-electron chi connectivity index (χ2n) is 5.56. The summed E-state index contributed by atoms with van der Waals surface area (Å²) < 4.78 is 5.20. The van der Waals surface area contributed by atoms with Crippen LogP contribution in [-0.4, -0.2) is 53.7 Å². The molecule has 1 saturated carbocycles. The molecule has 2 fully saturated rings. The van der Waals surface area contributed by atoms with Crippen LogP contribution in [0.5, 0.6) is 0 Å². The van der Waals surface area contributed by atoms with Gasteiger partial charge in [-0.3, -0.25) is 4.79 Å². The molecule has 6 heteroatoms. The second-order valence-corrected chi connectivity index (χ2v) is 5.56. The van der Waals surface area contributed by atoms with E-state index >= 15 is 0 Å². The Kier molecular flexibility index (Phi) is 4.42. The summed E-state index contributed by atoms with van der Waals surface area (Å²) in [6.45, 7) is 0.373. The molecule has 3 N–H and O–H groups in total. The maximum Gasteiger partial charge on any atom is 0.326 e. The molecule has 1 heterocycles. The van der Waals surface area contributed by atoms with Crippen molar-refractivity contribution in [1.29, 1.82) is 0 Å². The fourth-order valence-corrected chi connectivity index (χ4v) is 3.13. The fourth-order valence-electron chi connectivity index (χ4n) is 3.13. The number of carbonyl (C=O) groups is 2. The lowest BCUT2D eigenvalue weighted by atomic mass is 9.85. The molecule has 0 spiro atoms. The summed E-state index contributed by atoms with van der Waals surface area (Å²) in [5.41, 5.74) is 5.90. The Bertz CT molecular complexity index is 361. The third-order valence-corrected chi connectivity index (χ3v) is 4.23. The fraction of sp³-hybridized carbons (Fsp3) is 0.846. The third-order valence-electron chi connectivity index (χ3n) is 4.23. The predicted molar refractivity (Wildman–Crippen MR) is 68.5 cm³/mol. The minimum absolute atomic E-state index is 0.0619. The van der Waals surface area contributed by atoms with Crippen LogP contribution in [0.2, 0.25) is 0 Å². The molecule has 0 radical (unpaired) electrons. The van der Waals surface area contributed by atoms with Gasteiger partial charge in [0.1, 0.15) is 6.04 Å². The van der Waals surface area contributed by atoms with Crippen LogP contribution in [0.4, 0.5) is 0 Å². The standard InChI is InChI=1S/C13H22N2O4/c1-19-10-6-11(13(17)18)15(7-10)12(16)8-3-2-4-9(14)5-8/h8-11H,2-7,14H2,1H3,(H,17,18). The van der Waals surface area contributed by atoms with Gasteiger partial charge in [0, 0.05) is 32.0 Å². The summed E-state index contributed by atoms with van der Waals surface area (Å²) in [6.07, 6.45) is 3.56. The van der Waals surface area contributed by atoms with Crippen LogP contribution in [0.25, 0.3) is 0 Å². The Morgan fingerprint density at radius 1 is 1.32 bits per heavy atom. The highest BCUT2D eigenvalue weighted by molar-refractivity contribution is 5.86. The Hall–Kier alpha value is -1.14. The van der Waals surface area contributed by atoms with Crippen LogP contribution in [0.3, 0.4) is 0 Å². The number of amides is 1. The third kappa shape index (κ3) is 3.06. The van der Waals surface area contributed by atoms with Crippen LogP contribution in [0, 0.1) is 5.92 Å². The normalized spacial score (nSPS) is 35.4. The maximum absolute atomic E-state index is 12.5. The molecular weight excluding hydrogens is 248 g/mol. The molecule has 19 heavy (non-hydrogen) atoms. The van der Waals surface area contributed by atoms with E-state index in [0.29, 0.717) is 19.4 Å². The van der Waals surface area contributed by atoms with E-state index in [1.807, 2.05) is 0 Å². The predicted octanol–water partition coefficient (Wildman–Crippen LogP) is 0.204. The Morgan fingerprint density at radius 2 is 2.05 bits per heavy atom. The van der Waals surface area contributed by atoms with E-state index in [1.54, 1.807) is 7.11 Å². The number of nitrogens with zero attached hydrogens (tertiary/aromatic N) is 1. The van der Waals surface area contributed by atoms with Crippen molar-refractivity contribution in [3.8, 4) is 0 Å². The Labute approximate surface area is 112 Å². The number of rotatable bonds is 3. The maximum atomic E-state index is 12.5. The van der Waals surface area contributed by atoms with E-state index in [2.05, 4.69) is 0 Å². The first kappa shape index (κ1) is 14.3. The van der Waals surface area contributed by atoms with E-state index in [4.69, 9.17) is 10.5 Å². The molecule has 1 saturated heterocycles. The minimum atomic E-state index is -0.951. The molecule has 4 atom stereocenters. The van der Waals surface area contributed by atoms with E-state index in [9.17, 15) is 14.7 Å². The van der Waals surface area contributed by atoms with Crippen LogP contribution in [-0.2, 0) is 14.3 Å². The lowest BCUT2D eigenvalue weighted by Gasteiger charge is -2.31. The van der Waals surface area contributed by atoms with Gasteiger partial charge >= 0.3 is 5.97 Å². The summed E-state index contributed by atoms with van der Waals surface area (Å²) >= 11 is 0. The van der Waals surface area contributed by atoms with Gasteiger partial charge in [-0.15, -0.1) is 0 Å². The molecule has 2 aliphatic rings. The quantitative estimate of drug-likeness (QED) is 0.764. The number of aliphatic carboxylic acids is 1. The SMILES string of the molecule is COC1CC(C(=O)O)N(C(=O)C2CCCC(N)C2)C1. The highest BCUT2D eigenvalue weighted by Crippen LogP contribution is 2.29. The Balaban J connectivity index is 2.05. The molecule has 0 aromatic carbocycles. The van der Waals surface area contributed by atoms with Gasteiger partial charge in [-0.05, 0) is 19.3 Å². The van der Waals surface area contributed by atoms with Gasteiger partial charge in [-0.1, -0.05) is 6.42 Å². The first-order valence-electron chi connectivity index (χ1n) is 6.84. The zero-order valence-corrected chi connectivity index (χ0v) is 11.2. The van der Waals surface area contributed by atoms with Crippen molar-refractivity contribution in [2.24, 2.45) is 11.7 Å². The molecule has 0 bridgehead atoms. The average Bonchev–Trinajstić information content (AvgIpc) is 2.82. The summed E-state index contributed by atoms with van der Waals surface area (Å²) in [5, 5.41) is 9.22. The van der Waals surface area contributed by atoms with Gasteiger partial charge in [-0.2, -0.15) is 0 Å². The number of carboxylic acids is 1. The van der Waals surface area contributed by atoms with Gasteiger partial charge < -0.3 is 20.5 Å². The molecule has 4 unspecified atom stereocenters. The lowest BCUT2D eigenvalue weighted by molar-refractivity contribution is -0.150. The van der Waals surface area contributed by atoms with Crippen LogP contribution >= 0.6 is 0 Å². The highest BCUT2D eigenvalue weighted by Gasteiger charge is 2.42. The van der Waals surface area contributed by atoms with Crippen molar-refractivity contribution < 1.29 is 19.4 Å². The van der Waals surface area contributed by atoms with Crippen LogP contribution in [0.1, 0.15) is 32.1 Å². The highest BCUT2D eigenvalue weighted by atomic mass is 16.5. The van der Waals surface area contributed by atoms with Gasteiger partial charge in [0.15, 0.2) is 0 Å². The molecule has 1 amide bonds. The largest absolute Gasteiger partial charge is 0.480 e. The second kappa shape index (κ2) is 5.88. The number of carbonyl (C=O) groups excluding carboxylic acids is 1. The minimum Gasteiger partial charge on any atom is -0.480 e. The van der Waals surface area contributed by atoms with Crippen LogP contribution in [0.15, 0.2) is 0 Å². The van der Waals surface area contributed by atoms with Crippen LogP contribution < -0.4 is 5.73 Å². The van der Waals surface area contributed by atoms with Crippen molar-refractivity contribution in [2.75, 3.05) is 13.7 Å². The van der Waals surface area contributed by atoms with E-state index in [-0.39, 0.29) is 24.0 Å². The number of likely N-dealkylation sites (tertiary alicyclic amines) is 1. The molecule has 108 valence electrons. The van der Waals surface area contributed by atoms with E-state index < -0.39 is 12.0 Å². The zero-order valence-electron chi connectivity index (χ0n) is 11.2. The summed E-state index contributed by atoms with van der Waals surface area (Å²) in [5.74, 6) is -1.14. The van der Waals surface area contributed by atoms with Crippen molar-refractivity contribution in [2.45, 2.75) is 50.3 Å². The van der Waals surface area contributed by atoms with Crippen molar-refractivity contribution in [3.63, 3.8) is 0 Å².